The first kappa shape index (κ1) is 11.4. The normalized spacial score (nSPS) is 18.4. The van der Waals surface area contributed by atoms with Crippen LogP contribution in [-0.2, 0) is 6.42 Å². The molecule has 0 saturated heterocycles. The number of Topliss-reactive ketones (excluding diaryl/α,β-unsaturated/α-hetero) is 1. The highest BCUT2D eigenvalue weighted by Crippen LogP contribution is 2.26. The zero-order valence-corrected chi connectivity index (χ0v) is 11.1. The number of carbonyl (C=O) groups excluding carboxylic acids is 1. The number of nitrogens with zero attached hydrogens (tertiary/aromatic N) is 3. The number of rotatable bonds is 1. The van der Waals surface area contributed by atoms with Crippen molar-refractivity contribution in [3.05, 3.63) is 41.7 Å². The lowest BCUT2D eigenvalue weighted by Gasteiger charge is -2.17. The fourth-order valence-electron chi connectivity index (χ4n) is 2.85. The summed E-state index contributed by atoms with van der Waals surface area (Å²) in [6.45, 7) is 2.09. The Hall–Kier alpha value is -2.43. The molecule has 0 aliphatic heterocycles. The van der Waals surface area contributed by atoms with Gasteiger partial charge in [0, 0.05) is 6.42 Å². The summed E-state index contributed by atoms with van der Waals surface area (Å²) in [5.74, 6) is 1.21. The number of fused-ring (bicyclic) bond motifs is 2. The van der Waals surface area contributed by atoms with Gasteiger partial charge >= 0.3 is 0 Å². The molecule has 0 amide bonds. The molecular weight excluding hydrogens is 252 g/mol. The number of benzene rings is 1. The third-order valence-corrected chi connectivity index (χ3v) is 3.82. The highest BCUT2D eigenvalue weighted by Gasteiger charge is 2.27. The molecule has 5 nitrogen and oxygen atoms in total. The molecule has 100 valence electrons. The molecule has 0 unspecified atom stereocenters. The van der Waals surface area contributed by atoms with Gasteiger partial charge in [0.2, 0.25) is 5.95 Å². The third kappa shape index (κ3) is 1.59. The molecule has 1 aliphatic rings. The number of hydrogen-bond acceptors (Lipinski definition) is 3. The van der Waals surface area contributed by atoms with Crippen LogP contribution in [0.4, 0.5) is 0 Å². The number of para-hydroxylation sites is 2. The number of aromatic amines is 1. The van der Waals surface area contributed by atoms with Crippen molar-refractivity contribution in [2.75, 3.05) is 0 Å². The van der Waals surface area contributed by atoms with E-state index in [-0.39, 0.29) is 5.78 Å². The van der Waals surface area contributed by atoms with Crippen molar-refractivity contribution in [1.29, 1.82) is 0 Å². The second-order valence-electron chi connectivity index (χ2n) is 5.43. The van der Waals surface area contributed by atoms with Gasteiger partial charge in [-0.2, -0.15) is 5.10 Å². The average Bonchev–Trinajstić information content (AvgIpc) is 3.00. The van der Waals surface area contributed by atoms with Gasteiger partial charge in [-0.3, -0.25) is 4.79 Å². The lowest BCUT2D eigenvalue weighted by atomic mass is 9.88. The van der Waals surface area contributed by atoms with Crippen LogP contribution in [-0.4, -0.2) is 25.5 Å². The van der Waals surface area contributed by atoms with E-state index in [0.717, 1.165) is 28.7 Å². The van der Waals surface area contributed by atoms with Crippen LogP contribution in [0, 0.1) is 5.92 Å². The molecule has 5 heteroatoms. The van der Waals surface area contributed by atoms with Gasteiger partial charge in [0.25, 0.3) is 0 Å². The molecule has 0 spiro atoms. The van der Waals surface area contributed by atoms with E-state index < -0.39 is 0 Å². The molecule has 20 heavy (non-hydrogen) atoms. The topological polar surface area (TPSA) is 63.6 Å². The van der Waals surface area contributed by atoms with E-state index in [1.807, 2.05) is 24.3 Å². The minimum Gasteiger partial charge on any atom is -0.322 e. The van der Waals surface area contributed by atoms with E-state index >= 15 is 0 Å². The molecule has 2 heterocycles. The Morgan fingerprint density at radius 3 is 3.00 bits per heavy atom. The van der Waals surface area contributed by atoms with Crippen molar-refractivity contribution in [2.24, 2.45) is 5.92 Å². The molecule has 0 radical (unpaired) electrons. The van der Waals surface area contributed by atoms with Gasteiger partial charge in [0.15, 0.2) is 5.78 Å². The zero-order valence-electron chi connectivity index (χ0n) is 11.1. The summed E-state index contributed by atoms with van der Waals surface area (Å²) >= 11 is 0. The average molecular weight is 266 g/mol. The number of carbonyl (C=O) groups is 1. The van der Waals surface area contributed by atoms with Crippen molar-refractivity contribution < 1.29 is 4.79 Å². The first-order valence-electron chi connectivity index (χ1n) is 6.77. The summed E-state index contributed by atoms with van der Waals surface area (Å²) in [5.41, 5.74) is 3.58. The standard InChI is InChI=1S/C15H14N4O/c1-9-6-13-10(14(20)7-9)8-16-19(13)15-17-11-4-2-3-5-12(11)18-15/h2-5,8-9H,6-7H2,1H3,(H,17,18)/t9-/m1/s1. The van der Waals surface area contributed by atoms with Gasteiger partial charge in [0.1, 0.15) is 0 Å². The lowest BCUT2D eigenvalue weighted by molar-refractivity contribution is 0.0952. The molecule has 1 aromatic carbocycles. The number of aromatic nitrogens is 4. The van der Waals surface area contributed by atoms with Crippen LogP contribution >= 0.6 is 0 Å². The Balaban J connectivity index is 1.89. The Bertz CT molecular complexity index is 781. The van der Waals surface area contributed by atoms with Crippen LogP contribution in [0.25, 0.3) is 17.0 Å². The monoisotopic (exact) mass is 266 g/mol. The van der Waals surface area contributed by atoms with Crippen LogP contribution in [0.15, 0.2) is 30.5 Å². The van der Waals surface area contributed by atoms with Gasteiger partial charge in [-0.1, -0.05) is 19.1 Å². The molecule has 1 aliphatic carbocycles. The van der Waals surface area contributed by atoms with Crippen LogP contribution in [0.2, 0.25) is 0 Å². The van der Waals surface area contributed by atoms with E-state index in [2.05, 4.69) is 22.0 Å². The van der Waals surface area contributed by atoms with E-state index in [9.17, 15) is 4.79 Å². The highest BCUT2D eigenvalue weighted by atomic mass is 16.1. The largest absolute Gasteiger partial charge is 0.322 e. The van der Waals surface area contributed by atoms with Crippen LogP contribution in [0.5, 0.6) is 0 Å². The number of nitrogens with one attached hydrogen (secondary N) is 1. The Kier molecular flexibility index (Phi) is 2.30. The van der Waals surface area contributed by atoms with Crippen molar-refractivity contribution in [2.45, 2.75) is 19.8 Å². The lowest BCUT2D eigenvalue weighted by Crippen LogP contribution is -2.19. The molecule has 1 N–H and O–H groups in total. The molecule has 3 aromatic rings. The predicted octanol–water partition coefficient (Wildman–Crippen LogP) is 2.51. The van der Waals surface area contributed by atoms with Crippen molar-refractivity contribution in [3.8, 4) is 5.95 Å². The number of ketones is 1. The first-order valence-corrected chi connectivity index (χ1v) is 6.77. The Morgan fingerprint density at radius 2 is 2.15 bits per heavy atom. The van der Waals surface area contributed by atoms with Crippen LogP contribution in [0.3, 0.4) is 0 Å². The summed E-state index contributed by atoms with van der Waals surface area (Å²) in [4.78, 5) is 19.8. The van der Waals surface area contributed by atoms with Crippen molar-refractivity contribution in [1.82, 2.24) is 19.7 Å². The minimum atomic E-state index is 0.182. The molecule has 0 bridgehead atoms. The van der Waals surface area contributed by atoms with Crippen LogP contribution in [0.1, 0.15) is 29.4 Å². The smallest absolute Gasteiger partial charge is 0.229 e. The van der Waals surface area contributed by atoms with Gasteiger partial charge in [-0.05, 0) is 24.5 Å². The van der Waals surface area contributed by atoms with E-state index in [1.165, 1.54) is 0 Å². The summed E-state index contributed by atoms with van der Waals surface area (Å²) in [6, 6.07) is 7.86. The van der Waals surface area contributed by atoms with Gasteiger partial charge in [-0.15, -0.1) is 0 Å². The Morgan fingerprint density at radius 1 is 1.30 bits per heavy atom. The fraction of sp³-hybridized carbons (Fsp3) is 0.267. The van der Waals surface area contributed by atoms with Crippen molar-refractivity contribution >= 4 is 16.8 Å². The summed E-state index contributed by atoms with van der Waals surface area (Å²) in [7, 11) is 0. The summed E-state index contributed by atoms with van der Waals surface area (Å²) < 4.78 is 1.77. The summed E-state index contributed by atoms with van der Waals surface area (Å²) in [6.07, 6.45) is 3.13. The number of H-pyrrole nitrogens is 1. The quantitative estimate of drug-likeness (QED) is 0.736. The SMILES string of the molecule is C[C@H]1CC(=O)c2cnn(-c3nc4ccccc4[nH]3)c2C1. The maximum Gasteiger partial charge on any atom is 0.229 e. The summed E-state index contributed by atoms with van der Waals surface area (Å²) in [5, 5.41) is 4.35. The minimum absolute atomic E-state index is 0.182. The van der Waals surface area contributed by atoms with Gasteiger partial charge in [0.05, 0.1) is 28.5 Å². The maximum absolute atomic E-state index is 12.0. The Labute approximate surface area is 115 Å². The fourth-order valence-corrected chi connectivity index (χ4v) is 2.85. The van der Waals surface area contributed by atoms with E-state index in [1.54, 1.807) is 10.9 Å². The van der Waals surface area contributed by atoms with E-state index in [4.69, 9.17) is 0 Å². The second kappa shape index (κ2) is 4.03. The number of hydrogen-bond donors (Lipinski definition) is 1. The predicted molar refractivity (Wildman–Crippen MR) is 75.0 cm³/mol. The second-order valence-corrected chi connectivity index (χ2v) is 5.43. The zero-order chi connectivity index (χ0) is 13.7. The molecule has 1 atom stereocenters. The first-order chi connectivity index (χ1) is 9.72. The van der Waals surface area contributed by atoms with Gasteiger partial charge < -0.3 is 4.98 Å². The highest BCUT2D eigenvalue weighted by molar-refractivity contribution is 5.98. The molecule has 4 rings (SSSR count). The van der Waals surface area contributed by atoms with E-state index in [0.29, 0.717) is 18.3 Å². The number of imidazole rings is 1. The van der Waals surface area contributed by atoms with Gasteiger partial charge in [-0.25, -0.2) is 9.67 Å². The van der Waals surface area contributed by atoms with Crippen molar-refractivity contribution in [3.63, 3.8) is 0 Å². The molecular formula is C15H14N4O. The molecule has 2 aromatic heterocycles. The molecule has 0 fully saturated rings. The maximum atomic E-state index is 12.0. The third-order valence-electron chi connectivity index (χ3n) is 3.82. The van der Waals surface area contributed by atoms with Crippen LogP contribution < -0.4 is 0 Å². The molecule has 0 saturated carbocycles.